The zero-order valence-electron chi connectivity index (χ0n) is 22.4. The van der Waals surface area contributed by atoms with Crippen molar-refractivity contribution in [2.45, 2.75) is 45.8 Å². The molecule has 2 N–H and O–H groups in total. The van der Waals surface area contributed by atoms with Crippen molar-refractivity contribution >= 4 is 34.0 Å². The van der Waals surface area contributed by atoms with E-state index in [1.165, 1.54) is 11.3 Å². The van der Waals surface area contributed by atoms with Crippen LogP contribution in [0.25, 0.3) is 0 Å². The van der Waals surface area contributed by atoms with Gasteiger partial charge >= 0.3 is 6.01 Å². The number of nitrogens with zero attached hydrogens (tertiary/aromatic N) is 5. The van der Waals surface area contributed by atoms with Gasteiger partial charge in [-0.25, -0.2) is 15.0 Å². The van der Waals surface area contributed by atoms with Crippen LogP contribution in [0.5, 0.6) is 6.01 Å². The fourth-order valence-electron chi connectivity index (χ4n) is 4.90. The molecule has 0 unspecified atom stereocenters. The largest absolute Gasteiger partial charge is 0.460 e. The molecule has 0 aliphatic carbocycles. The lowest BCUT2D eigenvalue weighted by Gasteiger charge is -2.37. The van der Waals surface area contributed by atoms with E-state index in [1.807, 2.05) is 25.1 Å². The zero-order chi connectivity index (χ0) is 27.2. The summed E-state index contributed by atoms with van der Waals surface area (Å²) in [5, 5.41) is 8.44. The highest BCUT2D eigenvalue weighted by atomic mass is 32.1. The predicted molar refractivity (Wildman–Crippen MR) is 151 cm³/mol. The fourth-order valence-corrected chi connectivity index (χ4v) is 5.76. The Labute approximate surface area is 232 Å². The van der Waals surface area contributed by atoms with Crippen LogP contribution in [0.3, 0.4) is 0 Å². The van der Waals surface area contributed by atoms with E-state index in [2.05, 4.69) is 42.3 Å². The Bertz CT molecular complexity index is 1270. The molecule has 2 aromatic heterocycles. The Morgan fingerprint density at radius 2 is 1.90 bits per heavy atom. The highest BCUT2D eigenvalue weighted by Gasteiger charge is 2.25. The van der Waals surface area contributed by atoms with Crippen molar-refractivity contribution in [2.75, 3.05) is 42.9 Å². The molecule has 0 atom stereocenters. The quantitative estimate of drug-likeness (QED) is 0.393. The standard InChI is InChI=1S/C28H35N7O3S/c1-3-9-29-25(36)22-14-20(17-34-15-19(2)16-34)5-6-23(22)32-26(37)24-18-39-28(33-24)35-12-7-21(8-13-35)38-27-30-10-4-11-31-27/h4-6,10-11,14,18-19,21H,3,7-9,12-13,15-17H2,1-2H3,(H,29,36)(H,32,37). The van der Waals surface area contributed by atoms with Gasteiger partial charge in [-0.15, -0.1) is 11.3 Å². The molecule has 5 rings (SSSR count). The molecule has 2 aliphatic heterocycles. The first-order chi connectivity index (χ1) is 19.0. The third-order valence-electron chi connectivity index (χ3n) is 6.91. The average Bonchev–Trinajstić information content (AvgIpc) is 3.43. The lowest BCUT2D eigenvalue weighted by atomic mass is 10.0. The lowest BCUT2D eigenvalue weighted by Crippen LogP contribution is -2.44. The van der Waals surface area contributed by atoms with Gasteiger partial charge < -0.3 is 20.3 Å². The van der Waals surface area contributed by atoms with E-state index in [9.17, 15) is 9.59 Å². The molecule has 1 aromatic carbocycles. The Hall–Kier alpha value is -3.57. The van der Waals surface area contributed by atoms with Crippen molar-refractivity contribution in [3.05, 3.63) is 58.9 Å². The van der Waals surface area contributed by atoms with Crippen molar-refractivity contribution < 1.29 is 14.3 Å². The minimum Gasteiger partial charge on any atom is -0.460 e. The molecule has 11 heteroatoms. The van der Waals surface area contributed by atoms with Crippen LogP contribution in [0.2, 0.25) is 0 Å². The van der Waals surface area contributed by atoms with Crippen molar-refractivity contribution in [1.29, 1.82) is 0 Å². The number of hydrogen-bond donors (Lipinski definition) is 2. The molecular formula is C28H35N7O3S. The summed E-state index contributed by atoms with van der Waals surface area (Å²) >= 11 is 1.44. The molecule has 39 heavy (non-hydrogen) atoms. The molecule has 2 saturated heterocycles. The maximum absolute atomic E-state index is 13.1. The first-order valence-corrected chi connectivity index (χ1v) is 14.5. The van der Waals surface area contributed by atoms with Gasteiger partial charge in [0.2, 0.25) is 0 Å². The SMILES string of the molecule is CCCNC(=O)c1cc(CN2CC(C)C2)ccc1NC(=O)c1csc(N2CCC(Oc3ncccn3)CC2)n1. The number of rotatable bonds is 10. The van der Waals surface area contributed by atoms with Crippen LogP contribution in [0.4, 0.5) is 10.8 Å². The maximum atomic E-state index is 13.1. The van der Waals surface area contributed by atoms with Crippen LogP contribution in [-0.4, -0.2) is 70.5 Å². The first kappa shape index (κ1) is 27.0. The summed E-state index contributed by atoms with van der Waals surface area (Å²) in [4.78, 5) is 43.5. The summed E-state index contributed by atoms with van der Waals surface area (Å²) in [7, 11) is 0. The second kappa shape index (κ2) is 12.5. The highest BCUT2D eigenvalue weighted by molar-refractivity contribution is 7.14. The molecule has 4 heterocycles. The average molecular weight is 550 g/mol. The number of aromatic nitrogens is 3. The molecular weight excluding hydrogens is 514 g/mol. The van der Waals surface area contributed by atoms with E-state index < -0.39 is 0 Å². The predicted octanol–water partition coefficient (Wildman–Crippen LogP) is 3.82. The normalized spacial score (nSPS) is 16.5. The Balaban J connectivity index is 1.21. The number of ether oxygens (including phenoxy) is 1. The fraction of sp³-hybridized carbons (Fsp3) is 0.464. The van der Waals surface area contributed by atoms with Gasteiger partial charge in [0.25, 0.3) is 11.8 Å². The summed E-state index contributed by atoms with van der Waals surface area (Å²) < 4.78 is 5.88. The lowest BCUT2D eigenvalue weighted by molar-refractivity contribution is 0.0952. The number of likely N-dealkylation sites (tertiary alicyclic amines) is 1. The Kier molecular flexibility index (Phi) is 8.67. The number of piperidine rings is 1. The van der Waals surface area contributed by atoms with Crippen molar-refractivity contribution in [3.8, 4) is 6.01 Å². The highest BCUT2D eigenvalue weighted by Crippen LogP contribution is 2.27. The number of anilines is 2. The molecule has 0 radical (unpaired) electrons. The van der Waals surface area contributed by atoms with Gasteiger partial charge in [-0.1, -0.05) is 19.9 Å². The molecule has 10 nitrogen and oxygen atoms in total. The molecule has 2 aliphatic rings. The molecule has 2 amide bonds. The third kappa shape index (κ3) is 6.90. The monoisotopic (exact) mass is 549 g/mol. The van der Waals surface area contributed by atoms with Crippen LogP contribution in [0, 0.1) is 5.92 Å². The van der Waals surface area contributed by atoms with Crippen LogP contribution in [0.1, 0.15) is 59.5 Å². The van der Waals surface area contributed by atoms with Gasteiger partial charge in [-0.3, -0.25) is 14.5 Å². The van der Waals surface area contributed by atoms with E-state index in [1.54, 1.807) is 23.8 Å². The van der Waals surface area contributed by atoms with Crippen molar-refractivity contribution in [1.82, 2.24) is 25.2 Å². The van der Waals surface area contributed by atoms with Gasteiger partial charge in [-0.2, -0.15) is 0 Å². The molecule has 3 aromatic rings. The molecule has 206 valence electrons. The minimum atomic E-state index is -0.328. The number of amides is 2. The van der Waals surface area contributed by atoms with E-state index in [-0.39, 0.29) is 17.9 Å². The van der Waals surface area contributed by atoms with Crippen molar-refractivity contribution in [2.24, 2.45) is 5.92 Å². The second-order valence-electron chi connectivity index (χ2n) is 10.2. The van der Waals surface area contributed by atoms with E-state index in [4.69, 9.17) is 4.74 Å². The second-order valence-corrected chi connectivity index (χ2v) is 11.1. The van der Waals surface area contributed by atoms with Gasteiger partial charge in [0, 0.05) is 69.9 Å². The number of carbonyl (C=O) groups excluding carboxylic acids is 2. The molecule has 2 fully saturated rings. The Morgan fingerprint density at radius 3 is 2.62 bits per heavy atom. The van der Waals surface area contributed by atoms with Gasteiger partial charge in [0.05, 0.1) is 11.3 Å². The topological polar surface area (TPSA) is 113 Å². The summed E-state index contributed by atoms with van der Waals surface area (Å²) in [5.41, 5.74) is 2.36. The minimum absolute atomic E-state index is 0.0520. The van der Waals surface area contributed by atoms with E-state index in [0.29, 0.717) is 35.4 Å². The van der Waals surface area contributed by atoms with Crippen LogP contribution in [0.15, 0.2) is 42.0 Å². The van der Waals surface area contributed by atoms with E-state index in [0.717, 1.165) is 62.7 Å². The first-order valence-electron chi connectivity index (χ1n) is 13.6. The maximum Gasteiger partial charge on any atom is 0.316 e. The zero-order valence-corrected chi connectivity index (χ0v) is 23.2. The van der Waals surface area contributed by atoms with Crippen LogP contribution in [-0.2, 0) is 6.54 Å². The molecule has 0 saturated carbocycles. The number of hydrogen-bond acceptors (Lipinski definition) is 9. The van der Waals surface area contributed by atoms with Crippen LogP contribution >= 0.6 is 11.3 Å². The number of nitrogens with one attached hydrogen (secondary N) is 2. The number of carbonyl (C=O) groups is 2. The summed E-state index contributed by atoms with van der Waals surface area (Å²) in [5.74, 6) is 0.198. The van der Waals surface area contributed by atoms with E-state index >= 15 is 0 Å². The molecule has 0 bridgehead atoms. The van der Waals surface area contributed by atoms with Gasteiger partial charge in [-0.05, 0) is 36.1 Å². The van der Waals surface area contributed by atoms with Crippen molar-refractivity contribution in [3.63, 3.8) is 0 Å². The summed E-state index contributed by atoms with van der Waals surface area (Å²) in [6.45, 7) is 9.29. The van der Waals surface area contributed by atoms with Gasteiger partial charge in [0.1, 0.15) is 11.8 Å². The third-order valence-corrected chi connectivity index (χ3v) is 7.81. The van der Waals surface area contributed by atoms with Crippen LogP contribution < -0.4 is 20.3 Å². The smallest absolute Gasteiger partial charge is 0.316 e. The number of thiazole rings is 1. The van der Waals surface area contributed by atoms with Gasteiger partial charge in [0.15, 0.2) is 5.13 Å². The Morgan fingerprint density at radius 1 is 1.13 bits per heavy atom. The summed E-state index contributed by atoms with van der Waals surface area (Å²) in [6.07, 6.45) is 5.86. The molecule has 0 spiro atoms. The number of benzene rings is 1. The summed E-state index contributed by atoms with van der Waals surface area (Å²) in [6, 6.07) is 7.86.